The molecule has 1 aromatic carbocycles. The molecule has 2 aliphatic rings. The van der Waals surface area contributed by atoms with Crippen molar-refractivity contribution < 1.29 is 9.47 Å². The number of ether oxygens (including phenoxy) is 2. The van der Waals surface area contributed by atoms with Crippen LogP contribution in [0.5, 0.6) is 0 Å². The van der Waals surface area contributed by atoms with Crippen molar-refractivity contribution in [3.63, 3.8) is 0 Å². The summed E-state index contributed by atoms with van der Waals surface area (Å²) in [5.74, 6) is 1.21. The van der Waals surface area contributed by atoms with Crippen molar-refractivity contribution in [2.75, 3.05) is 36.5 Å². The first kappa shape index (κ1) is 16.3. The fourth-order valence-corrected chi connectivity index (χ4v) is 3.40. The summed E-state index contributed by atoms with van der Waals surface area (Å²) in [5, 5.41) is 3.29. The zero-order chi connectivity index (χ0) is 17.1. The lowest BCUT2D eigenvalue weighted by Gasteiger charge is -2.38. The standard InChI is InChI=1S/C19H24N4O2/c1-2-15-3-5-16(6-4-15)21-18-20-10-7-17(22-18)23-11-8-19(9-12-23)24-13-14-25-19/h3-7,10H,2,8-9,11-14H2,1H3,(H,20,21,22). The Morgan fingerprint density at radius 1 is 1.08 bits per heavy atom. The van der Waals surface area contributed by atoms with E-state index in [0.717, 1.165) is 43.9 Å². The third-order valence-corrected chi connectivity index (χ3v) is 4.92. The predicted molar refractivity (Wildman–Crippen MR) is 97.2 cm³/mol. The van der Waals surface area contributed by atoms with E-state index in [1.807, 2.05) is 6.07 Å². The normalized spacial score (nSPS) is 19.3. The van der Waals surface area contributed by atoms with E-state index in [9.17, 15) is 0 Å². The van der Waals surface area contributed by atoms with Crippen LogP contribution in [-0.4, -0.2) is 42.1 Å². The maximum absolute atomic E-state index is 5.79. The Morgan fingerprint density at radius 2 is 1.80 bits per heavy atom. The van der Waals surface area contributed by atoms with Gasteiger partial charge in [0.05, 0.1) is 13.2 Å². The second-order valence-electron chi connectivity index (χ2n) is 6.51. The van der Waals surface area contributed by atoms with Crippen LogP contribution in [0.4, 0.5) is 17.5 Å². The summed E-state index contributed by atoms with van der Waals surface area (Å²) in [5.41, 5.74) is 2.32. The van der Waals surface area contributed by atoms with E-state index in [1.54, 1.807) is 6.20 Å². The first-order valence-corrected chi connectivity index (χ1v) is 8.98. The molecule has 6 heteroatoms. The highest BCUT2D eigenvalue weighted by Crippen LogP contribution is 2.32. The zero-order valence-electron chi connectivity index (χ0n) is 14.6. The Labute approximate surface area is 148 Å². The maximum Gasteiger partial charge on any atom is 0.229 e. The predicted octanol–water partition coefficient (Wildman–Crippen LogP) is 3.13. The molecule has 0 unspecified atom stereocenters. The second-order valence-corrected chi connectivity index (χ2v) is 6.51. The average molecular weight is 340 g/mol. The topological polar surface area (TPSA) is 59.5 Å². The molecule has 2 fully saturated rings. The van der Waals surface area contributed by atoms with Crippen LogP contribution in [0.25, 0.3) is 0 Å². The monoisotopic (exact) mass is 340 g/mol. The van der Waals surface area contributed by atoms with Crippen molar-refractivity contribution in [1.82, 2.24) is 9.97 Å². The van der Waals surface area contributed by atoms with E-state index in [0.29, 0.717) is 19.2 Å². The van der Waals surface area contributed by atoms with Crippen LogP contribution in [0.15, 0.2) is 36.5 Å². The molecule has 0 amide bonds. The molecule has 25 heavy (non-hydrogen) atoms. The van der Waals surface area contributed by atoms with Gasteiger partial charge in [0.25, 0.3) is 0 Å². The molecule has 0 aliphatic carbocycles. The van der Waals surface area contributed by atoms with E-state index in [4.69, 9.17) is 9.47 Å². The first-order chi connectivity index (χ1) is 12.3. The number of aryl methyl sites for hydroxylation is 1. The van der Waals surface area contributed by atoms with Gasteiger partial charge in [0.2, 0.25) is 5.95 Å². The molecule has 2 saturated heterocycles. The minimum absolute atomic E-state index is 0.356. The minimum Gasteiger partial charge on any atom is -0.356 e. The van der Waals surface area contributed by atoms with Gasteiger partial charge < -0.3 is 19.7 Å². The van der Waals surface area contributed by atoms with Gasteiger partial charge >= 0.3 is 0 Å². The van der Waals surface area contributed by atoms with E-state index < -0.39 is 0 Å². The number of piperidine rings is 1. The highest BCUT2D eigenvalue weighted by Gasteiger charge is 2.40. The summed E-state index contributed by atoms with van der Waals surface area (Å²) in [7, 11) is 0. The third kappa shape index (κ3) is 3.60. The van der Waals surface area contributed by atoms with Crippen molar-refractivity contribution in [2.45, 2.75) is 32.0 Å². The number of benzene rings is 1. The lowest BCUT2D eigenvalue weighted by molar-refractivity contribution is -0.169. The van der Waals surface area contributed by atoms with Crippen LogP contribution >= 0.6 is 0 Å². The summed E-state index contributed by atoms with van der Waals surface area (Å²) >= 11 is 0. The van der Waals surface area contributed by atoms with Crippen LogP contribution in [0.2, 0.25) is 0 Å². The van der Waals surface area contributed by atoms with Gasteiger partial charge in [0, 0.05) is 37.8 Å². The number of hydrogen-bond donors (Lipinski definition) is 1. The van der Waals surface area contributed by atoms with E-state index in [1.165, 1.54) is 5.56 Å². The smallest absolute Gasteiger partial charge is 0.229 e. The molecule has 1 aromatic heterocycles. The fourth-order valence-electron chi connectivity index (χ4n) is 3.40. The lowest BCUT2D eigenvalue weighted by atomic mass is 10.0. The molecular formula is C19H24N4O2. The summed E-state index contributed by atoms with van der Waals surface area (Å²) in [6.45, 7) is 5.32. The van der Waals surface area contributed by atoms with Crippen LogP contribution in [-0.2, 0) is 15.9 Å². The second kappa shape index (κ2) is 6.98. The minimum atomic E-state index is -0.356. The summed E-state index contributed by atoms with van der Waals surface area (Å²) in [6.07, 6.45) is 4.59. The van der Waals surface area contributed by atoms with Gasteiger partial charge in [-0.2, -0.15) is 4.98 Å². The molecular weight excluding hydrogens is 316 g/mol. The summed E-state index contributed by atoms with van der Waals surface area (Å²) < 4.78 is 11.6. The molecule has 2 aromatic rings. The highest BCUT2D eigenvalue weighted by atomic mass is 16.7. The quantitative estimate of drug-likeness (QED) is 0.923. The SMILES string of the molecule is CCc1ccc(Nc2nccc(N3CCC4(CC3)OCCO4)n2)cc1. The number of hydrogen-bond acceptors (Lipinski definition) is 6. The van der Waals surface area contributed by atoms with Gasteiger partial charge in [-0.15, -0.1) is 0 Å². The summed E-state index contributed by atoms with van der Waals surface area (Å²) in [6, 6.07) is 10.3. The van der Waals surface area contributed by atoms with Gasteiger partial charge in [0.1, 0.15) is 5.82 Å². The van der Waals surface area contributed by atoms with E-state index >= 15 is 0 Å². The molecule has 0 bridgehead atoms. The van der Waals surface area contributed by atoms with Gasteiger partial charge in [-0.1, -0.05) is 19.1 Å². The molecule has 6 nitrogen and oxygen atoms in total. The van der Waals surface area contributed by atoms with Gasteiger partial charge in [0.15, 0.2) is 5.79 Å². The zero-order valence-corrected chi connectivity index (χ0v) is 14.6. The van der Waals surface area contributed by atoms with Gasteiger partial charge in [-0.25, -0.2) is 4.98 Å². The molecule has 1 N–H and O–H groups in total. The number of rotatable bonds is 4. The number of nitrogens with zero attached hydrogens (tertiary/aromatic N) is 3. The van der Waals surface area contributed by atoms with Gasteiger partial charge in [-0.05, 0) is 30.2 Å². The van der Waals surface area contributed by atoms with Crippen LogP contribution < -0.4 is 10.2 Å². The Hall–Kier alpha value is -2.18. The summed E-state index contributed by atoms with van der Waals surface area (Å²) in [4.78, 5) is 11.3. The van der Waals surface area contributed by atoms with Crippen LogP contribution in [0, 0.1) is 0 Å². The molecule has 132 valence electrons. The largest absolute Gasteiger partial charge is 0.356 e. The van der Waals surface area contributed by atoms with E-state index in [2.05, 4.69) is 51.4 Å². The fraction of sp³-hybridized carbons (Fsp3) is 0.474. The molecule has 0 saturated carbocycles. The number of anilines is 3. The lowest BCUT2D eigenvalue weighted by Crippen LogP contribution is -2.45. The van der Waals surface area contributed by atoms with Crippen LogP contribution in [0.3, 0.4) is 0 Å². The molecule has 4 rings (SSSR count). The Bertz CT molecular complexity index is 704. The molecule has 0 radical (unpaired) electrons. The van der Waals surface area contributed by atoms with Gasteiger partial charge in [-0.3, -0.25) is 0 Å². The number of aromatic nitrogens is 2. The van der Waals surface area contributed by atoms with Crippen molar-refractivity contribution in [1.29, 1.82) is 0 Å². The molecule has 2 aliphatic heterocycles. The molecule has 1 spiro atoms. The van der Waals surface area contributed by atoms with Crippen molar-refractivity contribution in [3.05, 3.63) is 42.1 Å². The molecule has 0 atom stereocenters. The van der Waals surface area contributed by atoms with E-state index in [-0.39, 0.29) is 5.79 Å². The number of nitrogens with one attached hydrogen (secondary N) is 1. The first-order valence-electron chi connectivity index (χ1n) is 8.98. The van der Waals surface area contributed by atoms with Crippen LogP contribution in [0.1, 0.15) is 25.3 Å². The Kier molecular flexibility index (Phi) is 4.55. The average Bonchev–Trinajstić information content (AvgIpc) is 3.11. The third-order valence-electron chi connectivity index (χ3n) is 4.92. The van der Waals surface area contributed by atoms with Crippen molar-refractivity contribution in [3.8, 4) is 0 Å². The van der Waals surface area contributed by atoms with Crippen molar-refractivity contribution >= 4 is 17.5 Å². The van der Waals surface area contributed by atoms with Crippen molar-refractivity contribution in [2.24, 2.45) is 0 Å². The Morgan fingerprint density at radius 3 is 2.48 bits per heavy atom. The Balaban J connectivity index is 1.42. The maximum atomic E-state index is 5.79. The highest BCUT2D eigenvalue weighted by molar-refractivity contribution is 5.55. The molecule has 3 heterocycles.